The van der Waals surface area contributed by atoms with E-state index in [1.165, 1.54) is 12.8 Å². The summed E-state index contributed by atoms with van der Waals surface area (Å²) >= 11 is 0. The smallest absolute Gasteiger partial charge is 0.0641 e. The molecular weight excluding hydrogens is 202 g/mol. The highest BCUT2D eigenvalue weighted by Crippen LogP contribution is 2.40. The summed E-state index contributed by atoms with van der Waals surface area (Å²) in [6.07, 6.45) is 4.42. The molecule has 1 unspecified atom stereocenters. The number of aromatic nitrogens is 2. The molecule has 1 atom stereocenters. The van der Waals surface area contributed by atoms with Gasteiger partial charge < -0.3 is 10.4 Å². The fourth-order valence-corrected chi connectivity index (χ4v) is 2.39. The average Bonchev–Trinajstić information content (AvgIpc) is 3.04. The van der Waals surface area contributed by atoms with Crippen LogP contribution >= 0.6 is 0 Å². The summed E-state index contributed by atoms with van der Waals surface area (Å²) in [5, 5.41) is 17.5. The molecule has 1 fully saturated rings. The second kappa shape index (κ2) is 4.55. The minimum Gasteiger partial charge on any atom is -0.394 e. The van der Waals surface area contributed by atoms with Crippen LogP contribution < -0.4 is 5.32 Å². The Bertz CT molecular complexity index is 346. The first-order chi connectivity index (χ1) is 7.70. The van der Waals surface area contributed by atoms with Gasteiger partial charge in [-0.25, -0.2) is 0 Å². The Kier molecular flexibility index (Phi) is 3.30. The normalized spacial score (nSPS) is 19.7. The van der Waals surface area contributed by atoms with E-state index in [1.54, 1.807) is 0 Å². The standard InChI is InChI=1S/C12H21N3O/c1-3-13-12(9-16,11-4-5-11)8-15-7-6-10(2)14-15/h6-7,11,13,16H,3-5,8-9H2,1-2H3. The average molecular weight is 223 g/mol. The van der Waals surface area contributed by atoms with Gasteiger partial charge in [0.2, 0.25) is 0 Å². The van der Waals surface area contributed by atoms with Crippen molar-refractivity contribution >= 4 is 0 Å². The Balaban J connectivity index is 2.12. The van der Waals surface area contributed by atoms with E-state index in [4.69, 9.17) is 0 Å². The highest BCUT2D eigenvalue weighted by atomic mass is 16.3. The predicted octanol–water partition coefficient (Wildman–Crippen LogP) is 0.942. The number of aliphatic hydroxyl groups is 1. The number of hydrogen-bond acceptors (Lipinski definition) is 3. The molecule has 2 N–H and O–H groups in total. The molecule has 0 bridgehead atoms. The van der Waals surface area contributed by atoms with Gasteiger partial charge in [-0.15, -0.1) is 0 Å². The number of nitrogens with zero attached hydrogens (tertiary/aromatic N) is 2. The zero-order valence-electron chi connectivity index (χ0n) is 10.1. The Morgan fingerprint density at radius 1 is 1.62 bits per heavy atom. The van der Waals surface area contributed by atoms with Crippen LogP contribution in [0.2, 0.25) is 0 Å². The van der Waals surface area contributed by atoms with E-state index in [-0.39, 0.29) is 12.1 Å². The molecular formula is C12H21N3O. The molecule has 0 spiro atoms. The molecule has 90 valence electrons. The zero-order valence-corrected chi connectivity index (χ0v) is 10.1. The summed E-state index contributed by atoms with van der Waals surface area (Å²) in [7, 11) is 0. The first-order valence-corrected chi connectivity index (χ1v) is 6.06. The van der Waals surface area contributed by atoms with Crippen LogP contribution in [0.5, 0.6) is 0 Å². The second-order valence-electron chi connectivity index (χ2n) is 4.77. The molecule has 0 radical (unpaired) electrons. The number of likely N-dealkylation sites (N-methyl/N-ethyl adjacent to an activating group) is 1. The van der Waals surface area contributed by atoms with Gasteiger partial charge in [0.25, 0.3) is 0 Å². The number of nitrogens with one attached hydrogen (secondary N) is 1. The van der Waals surface area contributed by atoms with Gasteiger partial charge in [0, 0.05) is 6.20 Å². The van der Waals surface area contributed by atoms with Crippen molar-refractivity contribution < 1.29 is 5.11 Å². The van der Waals surface area contributed by atoms with E-state index in [2.05, 4.69) is 17.3 Å². The van der Waals surface area contributed by atoms with Crippen molar-refractivity contribution in [2.45, 2.75) is 38.8 Å². The molecule has 1 saturated carbocycles. The van der Waals surface area contributed by atoms with Gasteiger partial charge >= 0.3 is 0 Å². The van der Waals surface area contributed by atoms with E-state index in [0.717, 1.165) is 18.8 Å². The summed E-state index contributed by atoms with van der Waals surface area (Å²) in [6, 6.07) is 2.00. The minimum atomic E-state index is -0.173. The summed E-state index contributed by atoms with van der Waals surface area (Å²) in [4.78, 5) is 0. The van der Waals surface area contributed by atoms with E-state index in [0.29, 0.717) is 5.92 Å². The Morgan fingerprint density at radius 3 is 2.81 bits per heavy atom. The van der Waals surface area contributed by atoms with Crippen molar-refractivity contribution in [3.63, 3.8) is 0 Å². The van der Waals surface area contributed by atoms with Gasteiger partial charge in [-0.1, -0.05) is 6.92 Å². The van der Waals surface area contributed by atoms with Gasteiger partial charge in [0.1, 0.15) is 0 Å². The van der Waals surface area contributed by atoms with Crippen molar-refractivity contribution in [1.82, 2.24) is 15.1 Å². The van der Waals surface area contributed by atoms with Gasteiger partial charge in [-0.2, -0.15) is 5.10 Å². The highest BCUT2D eigenvalue weighted by molar-refractivity contribution is 5.02. The third-order valence-corrected chi connectivity index (χ3v) is 3.39. The molecule has 0 aromatic carbocycles. The topological polar surface area (TPSA) is 50.1 Å². The maximum absolute atomic E-state index is 9.68. The SMILES string of the molecule is CCNC(CO)(Cn1ccc(C)n1)C1CC1. The number of rotatable bonds is 6. The lowest BCUT2D eigenvalue weighted by molar-refractivity contribution is 0.120. The van der Waals surface area contributed by atoms with Crippen LogP contribution in [-0.4, -0.2) is 33.6 Å². The van der Waals surface area contributed by atoms with Crippen LogP contribution in [-0.2, 0) is 6.54 Å². The fourth-order valence-electron chi connectivity index (χ4n) is 2.39. The molecule has 0 saturated heterocycles. The van der Waals surface area contributed by atoms with E-state index in [1.807, 2.05) is 23.9 Å². The number of aliphatic hydroxyl groups excluding tert-OH is 1. The second-order valence-corrected chi connectivity index (χ2v) is 4.77. The lowest BCUT2D eigenvalue weighted by Crippen LogP contribution is -2.53. The summed E-state index contributed by atoms with van der Waals surface area (Å²) < 4.78 is 1.94. The highest BCUT2D eigenvalue weighted by Gasteiger charge is 2.44. The maximum Gasteiger partial charge on any atom is 0.0641 e. The van der Waals surface area contributed by atoms with Crippen LogP contribution in [0.25, 0.3) is 0 Å². The summed E-state index contributed by atoms with van der Waals surface area (Å²) in [5.74, 6) is 0.599. The van der Waals surface area contributed by atoms with Gasteiger partial charge in [-0.05, 0) is 38.3 Å². The third-order valence-electron chi connectivity index (χ3n) is 3.39. The first kappa shape index (κ1) is 11.6. The Labute approximate surface area is 96.7 Å². The Morgan fingerprint density at radius 2 is 2.38 bits per heavy atom. The molecule has 1 aliphatic carbocycles. The fraction of sp³-hybridized carbons (Fsp3) is 0.750. The maximum atomic E-state index is 9.68. The van der Waals surface area contributed by atoms with E-state index in [9.17, 15) is 5.11 Å². The van der Waals surface area contributed by atoms with Crippen molar-refractivity contribution in [3.8, 4) is 0 Å². The lowest BCUT2D eigenvalue weighted by Gasteiger charge is -2.33. The van der Waals surface area contributed by atoms with Gasteiger partial charge in [0.15, 0.2) is 0 Å². The molecule has 16 heavy (non-hydrogen) atoms. The molecule has 1 aromatic heterocycles. The number of aryl methyl sites for hydroxylation is 1. The molecule has 1 heterocycles. The van der Waals surface area contributed by atoms with Crippen LogP contribution in [0.4, 0.5) is 0 Å². The lowest BCUT2D eigenvalue weighted by atomic mass is 9.94. The Hall–Kier alpha value is -0.870. The largest absolute Gasteiger partial charge is 0.394 e. The molecule has 0 aliphatic heterocycles. The van der Waals surface area contributed by atoms with Crippen LogP contribution in [0.15, 0.2) is 12.3 Å². The molecule has 2 rings (SSSR count). The van der Waals surface area contributed by atoms with E-state index >= 15 is 0 Å². The van der Waals surface area contributed by atoms with Crippen LogP contribution in [0, 0.1) is 12.8 Å². The van der Waals surface area contributed by atoms with Gasteiger partial charge in [0.05, 0.1) is 24.4 Å². The minimum absolute atomic E-state index is 0.173. The van der Waals surface area contributed by atoms with Crippen LogP contribution in [0.3, 0.4) is 0 Å². The molecule has 1 aliphatic rings. The van der Waals surface area contributed by atoms with Gasteiger partial charge in [-0.3, -0.25) is 4.68 Å². The van der Waals surface area contributed by atoms with Crippen molar-refractivity contribution in [2.75, 3.05) is 13.2 Å². The summed E-state index contributed by atoms with van der Waals surface area (Å²) in [6.45, 7) is 5.90. The van der Waals surface area contributed by atoms with Crippen molar-refractivity contribution in [2.24, 2.45) is 5.92 Å². The predicted molar refractivity (Wildman–Crippen MR) is 63.2 cm³/mol. The third kappa shape index (κ3) is 2.28. The molecule has 0 amide bonds. The number of hydrogen-bond donors (Lipinski definition) is 2. The molecule has 4 nitrogen and oxygen atoms in total. The molecule has 4 heteroatoms. The quantitative estimate of drug-likeness (QED) is 0.754. The molecule has 1 aromatic rings. The monoisotopic (exact) mass is 223 g/mol. The summed E-state index contributed by atoms with van der Waals surface area (Å²) in [5.41, 5.74) is 0.854. The van der Waals surface area contributed by atoms with Crippen molar-refractivity contribution in [3.05, 3.63) is 18.0 Å². The van der Waals surface area contributed by atoms with E-state index < -0.39 is 0 Å². The zero-order chi connectivity index (χ0) is 11.6. The van der Waals surface area contributed by atoms with Crippen LogP contribution in [0.1, 0.15) is 25.5 Å². The first-order valence-electron chi connectivity index (χ1n) is 6.06. The van der Waals surface area contributed by atoms with Crippen molar-refractivity contribution in [1.29, 1.82) is 0 Å².